The van der Waals surface area contributed by atoms with E-state index in [1.807, 2.05) is 29.8 Å². The number of anilines is 4. The number of piperidine rings is 1. The lowest BCUT2D eigenvalue weighted by molar-refractivity contribution is 0.249. The van der Waals surface area contributed by atoms with Crippen molar-refractivity contribution in [3.63, 3.8) is 0 Å². The fraction of sp³-hybridized carbons (Fsp3) is 0.393. The fourth-order valence-electron chi connectivity index (χ4n) is 5.05. The van der Waals surface area contributed by atoms with Gasteiger partial charge in [0.2, 0.25) is 16.0 Å². The molecular weight excluding hydrogens is 512 g/mol. The molecule has 5 rings (SSSR count). The van der Waals surface area contributed by atoms with Crippen LogP contribution in [-0.2, 0) is 16.6 Å². The standard InChI is InChI=1S/C28H36N8O2S/c1-20-16-22(26(29-17-20)34(4)39(5,37)38)19-36-13-10-21-18-30-28(32-27(21)36)31-23-6-8-25(9-7-23)35-14-11-24(12-15-35)33(2)3/h6-10,13,16-18,24H,11-12,14-15,19H2,1-5H3,(H,30,31,32). The van der Waals surface area contributed by atoms with Gasteiger partial charge < -0.3 is 19.7 Å². The monoisotopic (exact) mass is 548 g/mol. The summed E-state index contributed by atoms with van der Waals surface area (Å²) in [4.78, 5) is 18.5. The van der Waals surface area contributed by atoms with Crippen molar-refractivity contribution in [3.8, 4) is 0 Å². The minimum Gasteiger partial charge on any atom is -0.371 e. The zero-order chi connectivity index (χ0) is 27.7. The number of sulfonamides is 1. The summed E-state index contributed by atoms with van der Waals surface area (Å²) in [6.45, 7) is 4.48. The van der Waals surface area contributed by atoms with E-state index in [-0.39, 0.29) is 0 Å². The number of rotatable bonds is 8. The van der Waals surface area contributed by atoms with Crippen molar-refractivity contribution in [2.75, 3.05) is 55.0 Å². The van der Waals surface area contributed by atoms with Crippen molar-refractivity contribution in [3.05, 3.63) is 66.1 Å². The lowest BCUT2D eigenvalue weighted by Crippen LogP contribution is -2.41. The maximum Gasteiger partial charge on any atom is 0.233 e. The van der Waals surface area contributed by atoms with Gasteiger partial charge in [-0.05, 0) is 75.8 Å². The number of benzene rings is 1. The molecule has 0 saturated carbocycles. The van der Waals surface area contributed by atoms with Crippen LogP contribution in [0.2, 0.25) is 0 Å². The van der Waals surface area contributed by atoms with E-state index in [1.54, 1.807) is 12.4 Å². The minimum atomic E-state index is -3.45. The SMILES string of the molecule is Cc1cnc(N(C)S(C)(=O)=O)c(Cn2ccc3cnc(Nc4ccc(N5CCC(N(C)C)CC5)cc4)nc32)c1. The van der Waals surface area contributed by atoms with Gasteiger partial charge in [-0.1, -0.05) is 0 Å². The molecular formula is C28H36N8O2S. The average molecular weight is 549 g/mol. The first-order chi connectivity index (χ1) is 18.6. The molecule has 1 saturated heterocycles. The molecule has 1 aromatic carbocycles. The molecule has 0 atom stereocenters. The lowest BCUT2D eigenvalue weighted by atomic mass is 10.0. The van der Waals surface area contributed by atoms with Crippen molar-refractivity contribution in [1.29, 1.82) is 0 Å². The van der Waals surface area contributed by atoms with E-state index in [0.717, 1.165) is 40.9 Å². The molecule has 0 radical (unpaired) electrons. The second-order valence-electron chi connectivity index (χ2n) is 10.5. The van der Waals surface area contributed by atoms with Gasteiger partial charge in [0.25, 0.3) is 0 Å². The Kier molecular flexibility index (Phi) is 7.46. The third-order valence-corrected chi connectivity index (χ3v) is 8.57. The summed E-state index contributed by atoms with van der Waals surface area (Å²) < 4.78 is 27.6. The Hall–Kier alpha value is -3.70. The summed E-state index contributed by atoms with van der Waals surface area (Å²) in [7, 11) is 2.39. The topological polar surface area (TPSA) is 99.5 Å². The van der Waals surface area contributed by atoms with E-state index in [0.29, 0.717) is 24.4 Å². The number of hydrogen-bond acceptors (Lipinski definition) is 8. The zero-order valence-corrected chi connectivity index (χ0v) is 24.0. The molecule has 11 heteroatoms. The second kappa shape index (κ2) is 10.8. The molecule has 0 bridgehead atoms. The molecule has 0 spiro atoms. The van der Waals surface area contributed by atoms with Crippen LogP contribution in [0.1, 0.15) is 24.0 Å². The number of aryl methyl sites for hydroxylation is 1. The van der Waals surface area contributed by atoms with Crippen LogP contribution in [0.3, 0.4) is 0 Å². The maximum absolute atomic E-state index is 12.2. The number of fused-ring (bicyclic) bond motifs is 1. The van der Waals surface area contributed by atoms with Crippen molar-refractivity contribution < 1.29 is 8.42 Å². The molecule has 4 aromatic rings. The summed E-state index contributed by atoms with van der Waals surface area (Å²) in [6.07, 6.45) is 8.92. The first-order valence-corrected chi connectivity index (χ1v) is 14.9. The highest BCUT2D eigenvalue weighted by molar-refractivity contribution is 7.92. The van der Waals surface area contributed by atoms with Crippen LogP contribution in [0.5, 0.6) is 0 Å². The normalized spacial score (nSPS) is 14.8. The Morgan fingerprint density at radius 3 is 2.41 bits per heavy atom. The van der Waals surface area contributed by atoms with Crippen LogP contribution in [0.25, 0.3) is 11.0 Å². The van der Waals surface area contributed by atoms with Crippen molar-refractivity contribution >= 4 is 44.2 Å². The van der Waals surface area contributed by atoms with Crippen molar-refractivity contribution in [1.82, 2.24) is 24.4 Å². The van der Waals surface area contributed by atoms with Crippen molar-refractivity contribution in [2.24, 2.45) is 0 Å². The molecule has 39 heavy (non-hydrogen) atoms. The number of aromatic nitrogens is 4. The largest absolute Gasteiger partial charge is 0.371 e. The molecule has 1 fully saturated rings. The van der Waals surface area contributed by atoms with Gasteiger partial charge in [0.15, 0.2) is 0 Å². The Labute approximate surface area is 230 Å². The van der Waals surface area contributed by atoms with E-state index >= 15 is 0 Å². The van der Waals surface area contributed by atoms with Gasteiger partial charge in [-0.2, -0.15) is 4.98 Å². The number of hydrogen-bond donors (Lipinski definition) is 1. The summed E-state index contributed by atoms with van der Waals surface area (Å²) in [6, 6.07) is 13.0. The van der Waals surface area contributed by atoms with E-state index < -0.39 is 10.0 Å². The minimum absolute atomic E-state index is 0.406. The van der Waals surface area contributed by atoms with Crippen LogP contribution in [0.15, 0.2) is 55.0 Å². The molecule has 1 aliphatic rings. The van der Waals surface area contributed by atoms with Gasteiger partial charge in [-0.25, -0.2) is 18.4 Å². The van der Waals surface area contributed by atoms with Crippen LogP contribution in [-0.4, -0.2) is 79.4 Å². The molecule has 1 N–H and O–H groups in total. The zero-order valence-electron chi connectivity index (χ0n) is 23.2. The van der Waals surface area contributed by atoms with Crippen molar-refractivity contribution in [2.45, 2.75) is 32.4 Å². The quantitative estimate of drug-likeness (QED) is 0.355. The molecule has 10 nitrogen and oxygen atoms in total. The number of nitrogens with zero attached hydrogens (tertiary/aromatic N) is 7. The third-order valence-electron chi connectivity index (χ3n) is 7.40. The summed E-state index contributed by atoms with van der Waals surface area (Å²) >= 11 is 0. The molecule has 206 valence electrons. The van der Waals surface area contributed by atoms with Gasteiger partial charge in [-0.3, -0.25) is 4.31 Å². The van der Waals surface area contributed by atoms with Gasteiger partial charge in [0.05, 0.1) is 12.8 Å². The third kappa shape index (κ3) is 5.99. The molecule has 0 amide bonds. The first kappa shape index (κ1) is 26.9. The molecule has 1 aliphatic heterocycles. The predicted octanol–water partition coefficient (Wildman–Crippen LogP) is 3.85. The Balaban J connectivity index is 1.33. The molecule has 0 unspecified atom stereocenters. The smallest absolute Gasteiger partial charge is 0.233 e. The number of pyridine rings is 1. The summed E-state index contributed by atoms with van der Waals surface area (Å²) in [5.41, 5.74) is 4.64. The highest BCUT2D eigenvalue weighted by Crippen LogP contribution is 2.26. The van der Waals surface area contributed by atoms with Crippen LogP contribution in [0, 0.1) is 6.92 Å². The highest BCUT2D eigenvalue weighted by atomic mass is 32.2. The van der Waals surface area contributed by atoms with E-state index in [1.165, 1.54) is 36.1 Å². The van der Waals surface area contributed by atoms with Gasteiger partial charge in [0, 0.05) is 67.1 Å². The highest BCUT2D eigenvalue weighted by Gasteiger charge is 2.21. The summed E-state index contributed by atoms with van der Waals surface area (Å²) in [5.74, 6) is 0.904. The Morgan fingerprint density at radius 2 is 1.74 bits per heavy atom. The Morgan fingerprint density at radius 1 is 1.03 bits per heavy atom. The lowest BCUT2D eigenvalue weighted by Gasteiger charge is -2.36. The molecule has 4 heterocycles. The first-order valence-electron chi connectivity index (χ1n) is 13.1. The second-order valence-corrected chi connectivity index (χ2v) is 12.5. The summed E-state index contributed by atoms with van der Waals surface area (Å²) in [5, 5.41) is 4.23. The van der Waals surface area contributed by atoms with E-state index in [4.69, 9.17) is 4.98 Å². The van der Waals surface area contributed by atoms with Gasteiger partial charge in [0.1, 0.15) is 11.5 Å². The van der Waals surface area contributed by atoms with Gasteiger partial charge >= 0.3 is 0 Å². The van der Waals surface area contributed by atoms with E-state index in [9.17, 15) is 8.42 Å². The number of nitrogens with one attached hydrogen (secondary N) is 1. The van der Waals surface area contributed by atoms with Crippen LogP contribution < -0.4 is 14.5 Å². The maximum atomic E-state index is 12.2. The van der Waals surface area contributed by atoms with Crippen LogP contribution >= 0.6 is 0 Å². The Bertz CT molecular complexity index is 1560. The van der Waals surface area contributed by atoms with E-state index in [2.05, 4.69) is 63.4 Å². The molecule has 0 aliphatic carbocycles. The van der Waals surface area contributed by atoms with Gasteiger partial charge in [-0.15, -0.1) is 0 Å². The molecule has 3 aromatic heterocycles. The fourth-order valence-corrected chi connectivity index (χ4v) is 5.53. The average Bonchev–Trinajstić information content (AvgIpc) is 3.30. The predicted molar refractivity (Wildman–Crippen MR) is 157 cm³/mol. The van der Waals surface area contributed by atoms with Crippen LogP contribution in [0.4, 0.5) is 23.1 Å².